The fourth-order valence-corrected chi connectivity index (χ4v) is 7.91. The van der Waals surface area contributed by atoms with Gasteiger partial charge in [-0.25, -0.2) is 0 Å². The predicted octanol–water partition coefficient (Wildman–Crippen LogP) is 4.67. The van der Waals surface area contributed by atoms with Gasteiger partial charge in [-0.3, -0.25) is 4.79 Å². The molecule has 0 spiro atoms. The fourth-order valence-electron chi connectivity index (χ4n) is 7.91. The van der Waals surface area contributed by atoms with Crippen LogP contribution in [0.2, 0.25) is 0 Å². The van der Waals surface area contributed by atoms with E-state index in [9.17, 15) is 4.79 Å². The van der Waals surface area contributed by atoms with E-state index < -0.39 is 0 Å². The first kappa shape index (κ1) is 18.5. The molecular formula is C23H37NO2. The van der Waals surface area contributed by atoms with Crippen LogP contribution < -0.4 is 0 Å². The third-order valence-corrected chi connectivity index (χ3v) is 9.17. The number of likely N-dealkylation sites (tertiary alicyclic amines) is 1. The Labute approximate surface area is 159 Å². The fraction of sp³-hybridized carbons (Fsp3) is 0.870. The Bertz CT molecular complexity index is 589. The number of nitrogens with zero attached hydrogens (tertiary/aromatic N) is 1. The van der Waals surface area contributed by atoms with Crippen molar-refractivity contribution in [1.82, 2.24) is 4.90 Å². The lowest BCUT2D eigenvalue weighted by molar-refractivity contribution is -0.205. The van der Waals surface area contributed by atoms with Gasteiger partial charge < -0.3 is 9.64 Å². The molecule has 146 valence electrons. The number of fused-ring (bicyclic) bond motifs is 5. The molecule has 3 nitrogen and oxygen atoms in total. The number of rotatable bonds is 3. The number of likely N-dealkylation sites (N-methyl/N-ethyl adjacent to an activating group) is 1. The molecule has 4 aliphatic rings. The van der Waals surface area contributed by atoms with E-state index in [0.717, 1.165) is 24.2 Å². The largest absolute Gasteiger partial charge is 0.372 e. The smallest absolute Gasteiger partial charge is 0.222 e. The minimum Gasteiger partial charge on any atom is -0.372 e. The molecule has 3 saturated carbocycles. The van der Waals surface area contributed by atoms with E-state index in [0.29, 0.717) is 30.3 Å². The molecule has 3 heteroatoms. The first-order chi connectivity index (χ1) is 12.3. The number of carbonyl (C=O) groups excluding carboxylic acids is 1. The van der Waals surface area contributed by atoms with Crippen molar-refractivity contribution >= 4 is 5.91 Å². The minimum atomic E-state index is 0.136. The first-order valence-corrected chi connectivity index (χ1v) is 10.8. The van der Waals surface area contributed by atoms with Crippen LogP contribution in [-0.4, -0.2) is 36.6 Å². The second-order valence-corrected chi connectivity index (χ2v) is 10.3. The van der Waals surface area contributed by atoms with Gasteiger partial charge in [0.05, 0.1) is 18.8 Å². The van der Waals surface area contributed by atoms with E-state index >= 15 is 0 Å². The standard InChI is InChI=1S/C23H37NO2/c1-6-14-26-20-15(2)19-16-8-7-11-22(16,3)12-9-17(19)23(4)13-10-18(25)24(5)21(20)23/h6,15-17,19-21H,1,7-14H2,2-5H3/t15?,16-,17+,19-,20?,21?,22-,23+/m0/s1. The number of carbonyl (C=O) groups is 1. The van der Waals surface area contributed by atoms with Gasteiger partial charge in [0, 0.05) is 13.5 Å². The number of amides is 1. The Morgan fingerprint density at radius 3 is 2.73 bits per heavy atom. The van der Waals surface area contributed by atoms with Crippen LogP contribution in [0.15, 0.2) is 12.7 Å². The molecule has 0 aromatic carbocycles. The average molecular weight is 360 g/mol. The van der Waals surface area contributed by atoms with Crippen LogP contribution in [0.4, 0.5) is 0 Å². The van der Waals surface area contributed by atoms with Crippen LogP contribution in [0, 0.1) is 34.5 Å². The van der Waals surface area contributed by atoms with Gasteiger partial charge in [-0.1, -0.05) is 33.3 Å². The second-order valence-electron chi connectivity index (χ2n) is 10.3. The van der Waals surface area contributed by atoms with Crippen molar-refractivity contribution in [3.05, 3.63) is 12.7 Å². The molecular weight excluding hydrogens is 322 g/mol. The van der Waals surface area contributed by atoms with Gasteiger partial charge in [-0.2, -0.15) is 0 Å². The van der Waals surface area contributed by atoms with Crippen LogP contribution in [0.25, 0.3) is 0 Å². The third kappa shape index (κ3) is 2.45. The lowest BCUT2D eigenvalue weighted by atomic mass is 9.44. The van der Waals surface area contributed by atoms with E-state index in [4.69, 9.17) is 4.74 Å². The normalized spacial score (nSPS) is 50.8. The van der Waals surface area contributed by atoms with Crippen molar-refractivity contribution in [2.24, 2.45) is 34.5 Å². The SMILES string of the molecule is C=CCOC1C(C)[C@@H]2[C@@H](CC[C@]3(C)CCC[C@@H]23)[C@@]2(C)CCC(=O)N(C)C12. The van der Waals surface area contributed by atoms with Crippen LogP contribution in [0.3, 0.4) is 0 Å². The summed E-state index contributed by atoms with van der Waals surface area (Å²) in [5.41, 5.74) is 0.730. The van der Waals surface area contributed by atoms with Crippen molar-refractivity contribution in [2.45, 2.75) is 77.9 Å². The number of ether oxygens (including phenoxy) is 1. The van der Waals surface area contributed by atoms with Gasteiger partial charge in [0.15, 0.2) is 0 Å². The summed E-state index contributed by atoms with van der Waals surface area (Å²) in [5.74, 6) is 3.12. The van der Waals surface area contributed by atoms with Gasteiger partial charge >= 0.3 is 0 Å². The van der Waals surface area contributed by atoms with E-state index in [1.54, 1.807) is 0 Å². The van der Waals surface area contributed by atoms with Gasteiger partial charge in [-0.05, 0) is 66.6 Å². The molecule has 26 heavy (non-hydrogen) atoms. The minimum absolute atomic E-state index is 0.136. The highest BCUT2D eigenvalue weighted by Gasteiger charge is 2.64. The summed E-state index contributed by atoms with van der Waals surface area (Å²) in [6.07, 6.45) is 10.7. The highest BCUT2D eigenvalue weighted by atomic mass is 16.5. The lowest BCUT2D eigenvalue weighted by Crippen LogP contribution is -2.69. The molecule has 0 aromatic heterocycles. The zero-order valence-corrected chi connectivity index (χ0v) is 17.2. The van der Waals surface area contributed by atoms with E-state index in [-0.39, 0.29) is 17.6 Å². The highest BCUT2D eigenvalue weighted by Crippen LogP contribution is 2.66. The Morgan fingerprint density at radius 1 is 1.23 bits per heavy atom. The molecule has 3 unspecified atom stereocenters. The zero-order valence-electron chi connectivity index (χ0n) is 17.2. The van der Waals surface area contributed by atoms with Crippen LogP contribution in [-0.2, 0) is 9.53 Å². The summed E-state index contributed by atoms with van der Waals surface area (Å²) in [6.45, 7) is 11.9. The average Bonchev–Trinajstić information content (AvgIpc) is 3.01. The molecule has 1 amide bonds. The maximum absolute atomic E-state index is 12.6. The van der Waals surface area contributed by atoms with Gasteiger partial charge in [0.25, 0.3) is 0 Å². The van der Waals surface area contributed by atoms with Crippen molar-refractivity contribution in [3.63, 3.8) is 0 Å². The molecule has 1 saturated heterocycles. The number of piperidine rings is 1. The summed E-state index contributed by atoms with van der Waals surface area (Å²) in [6, 6.07) is 0.214. The van der Waals surface area contributed by atoms with Crippen LogP contribution in [0.1, 0.15) is 65.7 Å². The maximum Gasteiger partial charge on any atom is 0.222 e. The van der Waals surface area contributed by atoms with Crippen LogP contribution in [0.5, 0.6) is 0 Å². The Balaban J connectivity index is 1.75. The lowest BCUT2D eigenvalue weighted by Gasteiger charge is -2.65. The number of hydrogen-bond donors (Lipinski definition) is 0. The maximum atomic E-state index is 12.6. The Kier molecular flexibility index (Phi) is 4.53. The van der Waals surface area contributed by atoms with Gasteiger partial charge in [-0.15, -0.1) is 6.58 Å². The molecule has 0 radical (unpaired) electrons. The summed E-state index contributed by atoms with van der Waals surface area (Å²) < 4.78 is 6.42. The van der Waals surface area contributed by atoms with Crippen molar-refractivity contribution in [1.29, 1.82) is 0 Å². The van der Waals surface area contributed by atoms with Crippen LogP contribution >= 0.6 is 0 Å². The Morgan fingerprint density at radius 2 is 2.00 bits per heavy atom. The molecule has 0 N–H and O–H groups in total. The monoisotopic (exact) mass is 359 g/mol. The molecule has 4 rings (SSSR count). The predicted molar refractivity (Wildman–Crippen MR) is 105 cm³/mol. The molecule has 0 bridgehead atoms. The summed E-state index contributed by atoms with van der Waals surface area (Å²) in [7, 11) is 2.02. The highest BCUT2D eigenvalue weighted by molar-refractivity contribution is 5.77. The van der Waals surface area contributed by atoms with Gasteiger partial charge in [0.1, 0.15) is 0 Å². The molecule has 4 fully saturated rings. The van der Waals surface area contributed by atoms with E-state index in [2.05, 4.69) is 27.4 Å². The Hall–Kier alpha value is -0.830. The second kappa shape index (κ2) is 6.36. The van der Waals surface area contributed by atoms with Crippen molar-refractivity contribution < 1.29 is 9.53 Å². The van der Waals surface area contributed by atoms with E-state index in [1.165, 1.54) is 32.1 Å². The van der Waals surface area contributed by atoms with Crippen molar-refractivity contribution in [2.75, 3.05) is 13.7 Å². The molecule has 1 aliphatic heterocycles. The first-order valence-electron chi connectivity index (χ1n) is 10.8. The molecule has 1 heterocycles. The van der Waals surface area contributed by atoms with E-state index in [1.807, 2.05) is 18.0 Å². The topological polar surface area (TPSA) is 29.5 Å². The summed E-state index contributed by atoms with van der Waals surface area (Å²) in [4.78, 5) is 14.6. The third-order valence-electron chi connectivity index (χ3n) is 9.17. The molecule has 3 aliphatic carbocycles. The van der Waals surface area contributed by atoms with Crippen molar-refractivity contribution in [3.8, 4) is 0 Å². The zero-order chi connectivity index (χ0) is 18.7. The molecule has 0 aromatic rings. The summed E-state index contributed by atoms with van der Waals surface area (Å²) in [5, 5.41) is 0. The summed E-state index contributed by atoms with van der Waals surface area (Å²) >= 11 is 0. The number of hydrogen-bond acceptors (Lipinski definition) is 2. The molecule has 8 atom stereocenters. The van der Waals surface area contributed by atoms with Gasteiger partial charge in [0.2, 0.25) is 5.91 Å². The quantitative estimate of drug-likeness (QED) is 0.686.